The Bertz CT molecular complexity index is 594. The zero-order chi connectivity index (χ0) is 13.8. The Kier molecular flexibility index (Phi) is 4.12. The van der Waals surface area contributed by atoms with Crippen molar-refractivity contribution in [2.45, 2.75) is 11.8 Å². The summed E-state index contributed by atoms with van der Waals surface area (Å²) in [7, 11) is 0. The van der Waals surface area contributed by atoms with E-state index in [0.29, 0.717) is 5.56 Å². The van der Waals surface area contributed by atoms with Crippen LogP contribution in [0.2, 0.25) is 0 Å². The van der Waals surface area contributed by atoms with Crippen LogP contribution in [-0.2, 0) is 0 Å². The molecule has 0 heterocycles. The van der Waals surface area contributed by atoms with E-state index in [9.17, 15) is 4.79 Å². The molecule has 4 heteroatoms. The SMILES string of the molecule is CSc1ccc(C(=O)Nc2ccc(N)c(C)c2)cc1. The number of nitrogens with one attached hydrogen (secondary N) is 1. The smallest absolute Gasteiger partial charge is 0.255 e. The van der Waals surface area contributed by atoms with Gasteiger partial charge in [-0.25, -0.2) is 0 Å². The maximum absolute atomic E-state index is 12.1. The second kappa shape index (κ2) is 5.80. The number of nitrogen functional groups attached to an aromatic ring is 1. The second-order valence-electron chi connectivity index (χ2n) is 4.25. The zero-order valence-electron chi connectivity index (χ0n) is 10.9. The lowest BCUT2D eigenvalue weighted by Crippen LogP contribution is -2.11. The molecule has 2 aromatic rings. The molecule has 0 radical (unpaired) electrons. The molecule has 19 heavy (non-hydrogen) atoms. The van der Waals surface area contributed by atoms with Crippen molar-refractivity contribution in [2.75, 3.05) is 17.3 Å². The molecule has 0 bridgehead atoms. The maximum Gasteiger partial charge on any atom is 0.255 e. The van der Waals surface area contributed by atoms with Crippen LogP contribution in [0.25, 0.3) is 0 Å². The van der Waals surface area contributed by atoms with Crippen LogP contribution in [0.1, 0.15) is 15.9 Å². The maximum atomic E-state index is 12.1. The Labute approximate surface area is 117 Å². The average Bonchev–Trinajstić information content (AvgIpc) is 2.43. The van der Waals surface area contributed by atoms with Gasteiger partial charge in [-0.3, -0.25) is 4.79 Å². The van der Waals surface area contributed by atoms with Crippen molar-refractivity contribution >= 4 is 29.0 Å². The van der Waals surface area contributed by atoms with Gasteiger partial charge in [-0.1, -0.05) is 0 Å². The minimum atomic E-state index is -0.114. The Balaban J connectivity index is 2.13. The van der Waals surface area contributed by atoms with Crippen molar-refractivity contribution in [1.29, 1.82) is 0 Å². The highest BCUT2D eigenvalue weighted by Gasteiger charge is 2.06. The highest BCUT2D eigenvalue weighted by molar-refractivity contribution is 7.98. The fourth-order valence-electron chi connectivity index (χ4n) is 1.70. The molecule has 0 aliphatic heterocycles. The third-order valence-corrected chi connectivity index (χ3v) is 3.62. The van der Waals surface area contributed by atoms with Gasteiger partial charge in [-0.05, 0) is 61.2 Å². The highest BCUT2D eigenvalue weighted by atomic mass is 32.2. The van der Waals surface area contributed by atoms with Gasteiger partial charge in [0, 0.05) is 21.8 Å². The Morgan fingerprint density at radius 1 is 1.16 bits per heavy atom. The number of anilines is 2. The first-order valence-corrected chi connectivity index (χ1v) is 7.14. The zero-order valence-corrected chi connectivity index (χ0v) is 11.8. The molecule has 0 unspecified atom stereocenters. The number of thioether (sulfide) groups is 1. The van der Waals surface area contributed by atoms with Crippen molar-refractivity contribution in [3.63, 3.8) is 0 Å². The number of nitrogens with two attached hydrogens (primary N) is 1. The lowest BCUT2D eigenvalue weighted by molar-refractivity contribution is 0.102. The molecule has 0 saturated heterocycles. The van der Waals surface area contributed by atoms with Crippen molar-refractivity contribution in [2.24, 2.45) is 0 Å². The number of carbonyl (C=O) groups excluding carboxylic acids is 1. The van der Waals surface area contributed by atoms with E-state index in [2.05, 4.69) is 5.32 Å². The summed E-state index contributed by atoms with van der Waals surface area (Å²) in [6.07, 6.45) is 2.01. The first-order valence-electron chi connectivity index (χ1n) is 5.91. The molecular weight excluding hydrogens is 256 g/mol. The van der Waals surface area contributed by atoms with Crippen LogP contribution in [0.3, 0.4) is 0 Å². The van der Waals surface area contributed by atoms with E-state index in [4.69, 9.17) is 5.73 Å². The number of benzene rings is 2. The Morgan fingerprint density at radius 2 is 1.84 bits per heavy atom. The van der Waals surface area contributed by atoms with Gasteiger partial charge in [0.25, 0.3) is 5.91 Å². The van der Waals surface area contributed by atoms with E-state index < -0.39 is 0 Å². The number of hydrogen-bond donors (Lipinski definition) is 2. The molecule has 0 fully saturated rings. The predicted molar refractivity (Wildman–Crippen MR) is 81.8 cm³/mol. The van der Waals surface area contributed by atoms with Crippen molar-refractivity contribution < 1.29 is 4.79 Å². The van der Waals surface area contributed by atoms with Crippen LogP contribution >= 0.6 is 11.8 Å². The summed E-state index contributed by atoms with van der Waals surface area (Å²) in [5.41, 5.74) is 8.83. The third-order valence-electron chi connectivity index (χ3n) is 2.88. The molecule has 2 rings (SSSR count). The molecule has 0 aromatic heterocycles. The third kappa shape index (κ3) is 3.29. The summed E-state index contributed by atoms with van der Waals surface area (Å²) < 4.78 is 0. The quantitative estimate of drug-likeness (QED) is 0.663. The van der Waals surface area contributed by atoms with Gasteiger partial charge < -0.3 is 11.1 Å². The van der Waals surface area contributed by atoms with Gasteiger partial charge in [0.2, 0.25) is 0 Å². The number of carbonyl (C=O) groups is 1. The lowest BCUT2D eigenvalue weighted by atomic mass is 10.1. The topological polar surface area (TPSA) is 55.1 Å². The minimum absolute atomic E-state index is 0.114. The highest BCUT2D eigenvalue weighted by Crippen LogP contribution is 2.18. The summed E-state index contributed by atoms with van der Waals surface area (Å²) >= 11 is 1.65. The molecule has 98 valence electrons. The van der Waals surface area contributed by atoms with Crippen LogP contribution < -0.4 is 11.1 Å². The van der Waals surface area contributed by atoms with E-state index in [-0.39, 0.29) is 5.91 Å². The van der Waals surface area contributed by atoms with Crippen molar-refractivity contribution in [1.82, 2.24) is 0 Å². The average molecular weight is 272 g/mol. The predicted octanol–water partition coefficient (Wildman–Crippen LogP) is 3.55. The fourth-order valence-corrected chi connectivity index (χ4v) is 2.11. The number of rotatable bonds is 3. The second-order valence-corrected chi connectivity index (χ2v) is 5.13. The molecule has 1 amide bonds. The summed E-state index contributed by atoms with van der Waals surface area (Å²) in [6.45, 7) is 1.91. The van der Waals surface area contributed by atoms with E-state index in [0.717, 1.165) is 21.8 Å². The van der Waals surface area contributed by atoms with Crippen LogP contribution in [0.4, 0.5) is 11.4 Å². The molecule has 3 nitrogen and oxygen atoms in total. The molecule has 0 saturated carbocycles. The number of aryl methyl sites for hydroxylation is 1. The fraction of sp³-hybridized carbons (Fsp3) is 0.133. The van der Waals surface area contributed by atoms with Crippen LogP contribution in [0, 0.1) is 6.92 Å². The summed E-state index contributed by atoms with van der Waals surface area (Å²) in [6, 6.07) is 13.0. The van der Waals surface area contributed by atoms with Gasteiger partial charge in [0.05, 0.1) is 0 Å². The Hall–Kier alpha value is -1.94. The summed E-state index contributed by atoms with van der Waals surface area (Å²) in [5.74, 6) is -0.114. The van der Waals surface area contributed by atoms with Crippen LogP contribution in [0.5, 0.6) is 0 Å². The normalized spacial score (nSPS) is 10.2. The standard InChI is InChI=1S/C15H16N2OS/c1-10-9-12(5-8-14(10)16)17-15(18)11-3-6-13(19-2)7-4-11/h3-9H,16H2,1-2H3,(H,17,18). The molecule has 2 aromatic carbocycles. The molecule has 0 aliphatic carbocycles. The molecule has 0 aliphatic rings. The van der Waals surface area contributed by atoms with Gasteiger partial charge in [-0.15, -0.1) is 11.8 Å². The van der Waals surface area contributed by atoms with E-state index in [1.54, 1.807) is 23.9 Å². The van der Waals surface area contributed by atoms with Gasteiger partial charge >= 0.3 is 0 Å². The van der Waals surface area contributed by atoms with Gasteiger partial charge in [-0.2, -0.15) is 0 Å². The number of amides is 1. The van der Waals surface area contributed by atoms with Gasteiger partial charge in [0.15, 0.2) is 0 Å². The largest absolute Gasteiger partial charge is 0.399 e. The van der Waals surface area contributed by atoms with Crippen LogP contribution in [-0.4, -0.2) is 12.2 Å². The molecule has 0 atom stereocenters. The minimum Gasteiger partial charge on any atom is -0.399 e. The van der Waals surface area contributed by atoms with E-state index in [1.807, 2.05) is 43.5 Å². The first-order chi connectivity index (χ1) is 9.10. The summed E-state index contributed by atoms with van der Waals surface area (Å²) in [4.78, 5) is 13.2. The lowest BCUT2D eigenvalue weighted by Gasteiger charge is -2.08. The number of hydrogen-bond acceptors (Lipinski definition) is 3. The molecule has 0 spiro atoms. The Morgan fingerprint density at radius 3 is 2.42 bits per heavy atom. The molecular formula is C15H16N2OS. The first kappa shape index (κ1) is 13.5. The van der Waals surface area contributed by atoms with E-state index >= 15 is 0 Å². The van der Waals surface area contributed by atoms with Gasteiger partial charge in [0.1, 0.15) is 0 Å². The molecule has 3 N–H and O–H groups in total. The summed E-state index contributed by atoms with van der Waals surface area (Å²) in [5, 5.41) is 2.86. The van der Waals surface area contributed by atoms with Crippen molar-refractivity contribution in [3.05, 3.63) is 53.6 Å². The van der Waals surface area contributed by atoms with Crippen molar-refractivity contribution in [3.8, 4) is 0 Å². The van der Waals surface area contributed by atoms with E-state index in [1.165, 1.54) is 0 Å². The van der Waals surface area contributed by atoms with Crippen LogP contribution in [0.15, 0.2) is 47.4 Å². The monoisotopic (exact) mass is 272 g/mol.